The van der Waals surface area contributed by atoms with Crippen molar-refractivity contribution in [3.63, 3.8) is 0 Å². The minimum absolute atomic E-state index is 0.121. The van der Waals surface area contributed by atoms with Gasteiger partial charge < -0.3 is 30.6 Å². The Morgan fingerprint density at radius 2 is 1.67 bits per heavy atom. The molecule has 0 heterocycles. The summed E-state index contributed by atoms with van der Waals surface area (Å²) in [6.07, 6.45) is -0.968. The number of aliphatic hydroxyl groups excluding tert-OH is 4. The van der Waals surface area contributed by atoms with Gasteiger partial charge in [-0.2, -0.15) is 0 Å². The molecule has 1 atom stereocenters. The van der Waals surface area contributed by atoms with Crippen LogP contribution in [0.4, 0.5) is 0 Å². The van der Waals surface area contributed by atoms with Gasteiger partial charge in [0.25, 0.3) is 0 Å². The normalized spacial score (nSPS) is 16.0. The van der Waals surface area contributed by atoms with Crippen LogP contribution in [0.5, 0.6) is 0 Å². The quantitative estimate of drug-likeness (QED) is 0.222. The lowest BCUT2D eigenvalue weighted by atomic mass is 9.73. The largest absolute Gasteiger partial charge is 0.396 e. The molecule has 7 nitrogen and oxygen atoms in total. The van der Waals surface area contributed by atoms with Crippen LogP contribution in [0.25, 0.3) is 0 Å². The summed E-state index contributed by atoms with van der Waals surface area (Å²) in [4.78, 5) is 0. The molecular weight excluding hydrogens is 242 g/mol. The summed E-state index contributed by atoms with van der Waals surface area (Å²) in [5, 5.41) is 58.4. The first-order valence-corrected chi connectivity index (χ1v) is 6.07. The van der Waals surface area contributed by atoms with Gasteiger partial charge in [0.2, 0.25) is 0 Å². The van der Waals surface area contributed by atoms with Crippen LogP contribution in [0, 0.1) is 5.41 Å². The zero-order valence-corrected chi connectivity index (χ0v) is 10.7. The SMILES string of the molecule is CCC(O)(NCC(O)O)C(CO)(CO)CCCO. The summed E-state index contributed by atoms with van der Waals surface area (Å²) in [6.45, 7) is 0.274. The molecule has 110 valence electrons. The molecule has 0 aliphatic rings. The van der Waals surface area contributed by atoms with Gasteiger partial charge in [-0.15, -0.1) is 0 Å². The molecule has 18 heavy (non-hydrogen) atoms. The number of aliphatic hydroxyl groups is 6. The van der Waals surface area contributed by atoms with E-state index in [4.69, 9.17) is 15.3 Å². The first kappa shape index (κ1) is 17.7. The average Bonchev–Trinajstić information content (AvgIpc) is 2.38. The Morgan fingerprint density at radius 3 is 2.00 bits per heavy atom. The summed E-state index contributed by atoms with van der Waals surface area (Å²) in [5.41, 5.74) is -2.89. The monoisotopic (exact) mass is 267 g/mol. The lowest BCUT2D eigenvalue weighted by molar-refractivity contribution is -0.169. The second kappa shape index (κ2) is 8.00. The maximum Gasteiger partial charge on any atom is 0.164 e. The molecule has 0 saturated heterocycles. The maximum atomic E-state index is 10.5. The van der Waals surface area contributed by atoms with E-state index in [1.165, 1.54) is 0 Å². The zero-order chi connectivity index (χ0) is 14.2. The highest BCUT2D eigenvalue weighted by Crippen LogP contribution is 2.36. The van der Waals surface area contributed by atoms with Crippen LogP contribution in [0.2, 0.25) is 0 Å². The number of nitrogens with one attached hydrogen (secondary N) is 1. The van der Waals surface area contributed by atoms with Crippen LogP contribution in [-0.2, 0) is 0 Å². The predicted octanol–water partition coefficient (Wildman–Crippen LogP) is -2.27. The average molecular weight is 267 g/mol. The van der Waals surface area contributed by atoms with Gasteiger partial charge in [0.1, 0.15) is 5.72 Å². The number of hydrogen-bond donors (Lipinski definition) is 7. The molecule has 7 heteroatoms. The molecule has 0 bridgehead atoms. The van der Waals surface area contributed by atoms with Crippen molar-refractivity contribution in [2.75, 3.05) is 26.4 Å². The third kappa shape index (κ3) is 4.13. The lowest BCUT2D eigenvalue weighted by Gasteiger charge is -2.45. The Labute approximate surface area is 107 Å². The summed E-state index contributed by atoms with van der Waals surface area (Å²) >= 11 is 0. The van der Waals surface area contributed by atoms with E-state index in [-0.39, 0.29) is 26.0 Å². The summed E-state index contributed by atoms with van der Waals surface area (Å²) < 4.78 is 0. The fourth-order valence-electron chi connectivity index (χ4n) is 2.04. The molecular formula is C11H25NO6. The Kier molecular flexibility index (Phi) is 7.88. The Bertz CT molecular complexity index is 222. The van der Waals surface area contributed by atoms with Crippen molar-refractivity contribution >= 4 is 0 Å². The molecule has 0 amide bonds. The van der Waals surface area contributed by atoms with E-state index in [1.54, 1.807) is 6.92 Å². The van der Waals surface area contributed by atoms with Crippen molar-refractivity contribution in [2.24, 2.45) is 5.41 Å². The smallest absolute Gasteiger partial charge is 0.164 e. The van der Waals surface area contributed by atoms with Gasteiger partial charge in [0, 0.05) is 13.2 Å². The van der Waals surface area contributed by atoms with Gasteiger partial charge in [0.05, 0.1) is 18.6 Å². The van der Waals surface area contributed by atoms with E-state index in [1.807, 2.05) is 0 Å². The standard InChI is InChI=1S/C11H25NO6/c1-2-11(18,12-6-9(16)17)10(7-14,8-15)4-3-5-13/h9,12-18H,2-8H2,1H3. The van der Waals surface area contributed by atoms with Crippen LogP contribution in [-0.4, -0.2) is 69.0 Å². The number of rotatable bonds is 10. The van der Waals surface area contributed by atoms with E-state index in [2.05, 4.69) is 5.32 Å². The van der Waals surface area contributed by atoms with Crippen molar-refractivity contribution in [1.29, 1.82) is 0 Å². The van der Waals surface area contributed by atoms with Gasteiger partial charge in [-0.3, -0.25) is 5.32 Å². The van der Waals surface area contributed by atoms with E-state index in [0.29, 0.717) is 6.42 Å². The number of hydrogen-bond acceptors (Lipinski definition) is 7. The van der Waals surface area contributed by atoms with Crippen molar-refractivity contribution in [2.45, 2.75) is 38.2 Å². The van der Waals surface area contributed by atoms with Crippen LogP contribution < -0.4 is 5.32 Å². The molecule has 7 N–H and O–H groups in total. The van der Waals surface area contributed by atoms with Crippen molar-refractivity contribution < 1.29 is 30.6 Å². The van der Waals surface area contributed by atoms with E-state index >= 15 is 0 Å². The summed E-state index contributed by atoms with van der Waals surface area (Å²) in [5.74, 6) is 0. The Hall–Kier alpha value is -0.280. The van der Waals surface area contributed by atoms with E-state index in [9.17, 15) is 15.3 Å². The minimum atomic E-state index is -1.64. The molecule has 0 aromatic rings. The van der Waals surface area contributed by atoms with Crippen LogP contribution >= 0.6 is 0 Å². The predicted molar refractivity (Wildman–Crippen MR) is 64.4 cm³/mol. The molecule has 0 aromatic carbocycles. The fourth-order valence-corrected chi connectivity index (χ4v) is 2.04. The third-order valence-corrected chi connectivity index (χ3v) is 3.38. The third-order valence-electron chi connectivity index (χ3n) is 3.38. The highest BCUT2D eigenvalue weighted by Gasteiger charge is 2.48. The minimum Gasteiger partial charge on any atom is -0.396 e. The molecule has 0 saturated carbocycles. The van der Waals surface area contributed by atoms with E-state index in [0.717, 1.165) is 0 Å². The molecule has 0 aliphatic carbocycles. The van der Waals surface area contributed by atoms with Gasteiger partial charge in [-0.05, 0) is 19.3 Å². The van der Waals surface area contributed by atoms with Crippen molar-refractivity contribution in [1.82, 2.24) is 5.32 Å². The molecule has 1 unspecified atom stereocenters. The topological polar surface area (TPSA) is 133 Å². The zero-order valence-electron chi connectivity index (χ0n) is 10.7. The summed E-state index contributed by atoms with van der Waals surface area (Å²) in [6, 6.07) is 0. The fraction of sp³-hybridized carbons (Fsp3) is 1.00. The molecule has 0 fully saturated rings. The Morgan fingerprint density at radius 1 is 1.11 bits per heavy atom. The van der Waals surface area contributed by atoms with Crippen LogP contribution in [0.1, 0.15) is 26.2 Å². The van der Waals surface area contributed by atoms with Gasteiger partial charge in [-0.25, -0.2) is 0 Å². The summed E-state index contributed by atoms with van der Waals surface area (Å²) in [7, 11) is 0. The maximum absolute atomic E-state index is 10.5. The molecule has 0 spiro atoms. The highest BCUT2D eigenvalue weighted by molar-refractivity contribution is 4.96. The first-order chi connectivity index (χ1) is 8.41. The van der Waals surface area contributed by atoms with Gasteiger partial charge in [-0.1, -0.05) is 6.92 Å². The Balaban J connectivity index is 4.98. The van der Waals surface area contributed by atoms with Crippen molar-refractivity contribution in [3.05, 3.63) is 0 Å². The lowest BCUT2D eigenvalue weighted by Crippen LogP contribution is -2.62. The molecule has 0 rings (SSSR count). The highest BCUT2D eigenvalue weighted by atomic mass is 16.5. The van der Waals surface area contributed by atoms with Gasteiger partial charge in [0.15, 0.2) is 6.29 Å². The van der Waals surface area contributed by atoms with Gasteiger partial charge >= 0.3 is 0 Å². The van der Waals surface area contributed by atoms with Crippen LogP contribution in [0.15, 0.2) is 0 Å². The second-order valence-electron chi connectivity index (χ2n) is 4.50. The first-order valence-electron chi connectivity index (χ1n) is 6.07. The van der Waals surface area contributed by atoms with Crippen LogP contribution in [0.3, 0.4) is 0 Å². The molecule has 0 radical (unpaired) electrons. The molecule has 0 aliphatic heterocycles. The van der Waals surface area contributed by atoms with E-state index < -0.39 is 30.6 Å². The molecule has 0 aromatic heterocycles. The second-order valence-corrected chi connectivity index (χ2v) is 4.50. The van der Waals surface area contributed by atoms with Crippen molar-refractivity contribution in [3.8, 4) is 0 Å².